The van der Waals surface area contributed by atoms with Gasteiger partial charge in [0.15, 0.2) is 0 Å². The van der Waals surface area contributed by atoms with Crippen molar-refractivity contribution in [3.8, 4) is 0 Å². The molecule has 1 rings (SSSR count). The zero-order valence-electron chi connectivity index (χ0n) is 9.76. The molecule has 0 radical (unpaired) electrons. The molecular weight excluding hydrogens is 260 g/mol. The average molecular weight is 273 g/mol. The maximum Gasteiger partial charge on any atom is 0.305 e. The Balaban J connectivity index is 2.80. The highest BCUT2D eigenvalue weighted by molar-refractivity contribution is 6.32. The van der Waals surface area contributed by atoms with Crippen molar-refractivity contribution in [3.05, 3.63) is 38.9 Å². The van der Waals surface area contributed by atoms with Crippen molar-refractivity contribution >= 4 is 23.3 Å². The number of rotatable bonds is 5. The van der Waals surface area contributed by atoms with Gasteiger partial charge < -0.3 is 10.5 Å². The van der Waals surface area contributed by atoms with E-state index >= 15 is 0 Å². The molecule has 0 fully saturated rings. The van der Waals surface area contributed by atoms with Gasteiger partial charge in [0.1, 0.15) is 11.6 Å². The molecule has 1 atom stereocenters. The molecule has 1 aromatic rings. The zero-order chi connectivity index (χ0) is 13.7. The van der Waals surface area contributed by atoms with Gasteiger partial charge in [0.05, 0.1) is 11.0 Å². The van der Waals surface area contributed by atoms with E-state index in [1.807, 2.05) is 0 Å². The summed E-state index contributed by atoms with van der Waals surface area (Å²) in [6, 6.07) is 3.64. The molecule has 98 valence electrons. The number of nitro groups is 1. The molecule has 0 unspecified atom stereocenters. The molecular formula is C11H13ClN2O4. The van der Waals surface area contributed by atoms with E-state index in [-0.39, 0.29) is 29.7 Å². The van der Waals surface area contributed by atoms with Crippen LogP contribution in [0.5, 0.6) is 0 Å². The molecule has 0 bridgehead atoms. The van der Waals surface area contributed by atoms with Gasteiger partial charge in [-0.1, -0.05) is 24.6 Å². The topological polar surface area (TPSA) is 95.5 Å². The Hall–Kier alpha value is -1.66. The predicted octanol–water partition coefficient (Wildman–Crippen LogP) is 2.20. The number of halogens is 1. The van der Waals surface area contributed by atoms with Gasteiger partial charge >= 0.3 is 5.97 Å². The van der Waals surface area contributed by atoms with Gasteiger partial charge in [-0.25, -0.2) is 0 Å². The second-order valence-corrected chi connectivity index (χ2v) is 4.02. The summed E-state index contributed by atoms with van der Waals surface area (Å²) >= 11 is 5.68. The number of nitrogens with zero attached hydrogens (tertiary/aromatic N) is 1. The second kappa shape index (κ2) is 6.32. The Morgan fingerprint density at radius 3 is 2.83 bits per heavy atom. The summed E-state index contributed by atoms with van der Waals surface area (Å²) in [5.74, 6) is -0.367. The molecule has 1 aromatic carbocycles. The lowest BCUT2D eigenvalue weighted by atomic mass is 10.1. The summed E-state index contributed by atoms with van der Waals surface area (Å²) in [6.45, 7) is 1.65. The quantitative estimate of drug-likeness (QED) is 0.503. The normalized spacial score (nSPS) is 11.9. The van der Waals surface area contributed by atoms with E-state index in [4.69, 9.17) is 22.1 Å². The first-order valence-corrected chi connectivity index (χ1v) is 5.68. The SMILES string of the molecule is CCC(=O)OC[C@H](N)c1ccc(Cl)c([N+](=O)[O-])c1. The lowest BCUT2D eigenvalue weighted by molar-refractivity contribution is -0.384. The van der Waals surface area contributed by atoms with Crippen molar-refractivity contribution in [3.63, 3.8) is 0 Å². The van der Waals surface area contributed by atoms with Crippen molar-refractivity contribution in [2.75, 3.05) is 6.61 Å². The third-order valence-electron chi connectivity index (χ3n) is 2.31. The summed E-state index contributed by atoms with van der Waals surface area (Å²) in [7, 11) is 0. The van der Waals surface area contributed by atoms with Crippen molar-refractivity contribution < 1.29 is 14.5 Å². The summed E-state index contributed by atoms with van der Waals surface area (Å²) in [4.78, 5) is 21.1. The van der Waals surface area contributed by atoms with Gasteiger partial charge in [0, 0.05) is 12.5 Å². The number of esters is 1. The summed E-state index contributed by atoms with van der Waals surface area (Å²) in [5, 5.41) is 10.7. The van der Waals surface area contributed by atoms with Crippen LogP contribution in [0.2, 0.25) is 5.02 Å². The first-order chi connectivity index (χ1) is 8.45. The van der Waals surface area contributed by atoms with Crippen LogP contribution in [0.25, 0.3) is 0 Å². The summed E-state index contributed by atoms with van der Waals surface area (Å²) in [6.07, 6.45) is 0.257. The van der Waals surface area contributed by atoms with Crippen LogP contribution in [0.4, 0.5) is 5.69 Å². The molecule has 18 heavy (non-hydrogen) atoms. The minimum Gasteiger partial charge on any atom is -0.464 e. The summed E-state index contributed by atoms with van der Waals surface area (Å²) < 4.78 is 4.87. The third kappa shape index (κ3) is 3.68. The van der Waals surface area contributed by atoms with E-state index in [9.17, 15) is 14.9 Å². The number of ether oxygens (including phenoxy) is 1. The van der Waals surface area contributed by atoms with Crippen LogP contribution in [0, 0.1) is 10.1 Å². The largest absolute Gasteiger partial charge is 0.464 e. The van der Waals surface area contributed by atoms with E-state index < -0.39 is 11.0 Å². The highest BCUT2D eigenvalue weighted by Crippen LogP contribution is 2.27. The number of nitro benzene ring substituents is 1. The number of benzene rings is 1. The van der Waals surface area contributed by atoms with Gasteiger partial charge in [-0.15, -0.1) is 0 Å². The van der Waals surface area contributed by atoms with Crippen molar-refractivity contribution in [1.82, 2.24) is 0 Å². The highest BCUT2D eigenvalue weighted by atomic mass is 35.5. The second-order valence-electron chi connectivity index (χ2n) is 3.61. The van der Waals surface area contributed by atoms with Crippen LogP contribution >= 0.6 is 11.6 Å². The molecule has 0 amide bonds. The predicted molar refractivity (Wildman–Crippen MR) is 66.3 cm³/mol. The molecule has 0 aliphatic heterocycles. The van der Waals surface area contributed by atoms with Crippen LogP contribution in [-0.4, -0.2) is 17.5 Å². The van der Waals surface area contributed by atoms with Gasteiger partial charge in [-0.3, -0.25) is 14.9 Å². The van der Waals surface area contributed by atoms with E-state index in [2.05, 4.69) is 0 Å². The van der Waals surface area contributed by atoms with E-state index in [1.54, 1.807) is 13.0 Å². The zero-order valence-corrected chi connectivity index (χ0v) is 10.5. The van der Waals surface area contributed by atoms with Crippen LogP contribution in [0.15, 0.2) is 18.2 Å². The van der Waals surface area contributed by atoms with Crippen LogP contribution in [-0.2, 0) is 9.53 Å². The fraction of sp³-hybridized carbons (Fsp3) is 0.364. The molecule has 0 aromatic heterocycles. The van der Waals surface area contributed by atoms with Crippen molar-refractivity contribution in [1.29, 1.82) is 0 Å². The molecule has 6 nitrogen and oxygen atoms in total. The van der Waals surface area contributed by atoms with Gasteiger partial charge in [-0.2, -0.15) is 0 Å². The van der Waals surface area contributed by atoms with Crippen LogP contribution in [0.1, 0.15) is 24.9 Å². The number of nitrogens with two attached hydrogens (primary N) is 1. The first-order valence-electron chi connectivity index (χ1n) is 5.30. The standard InChI is InChI=1S/C11H13ClN2O4/c1-2-11(15)18-6-9(13)7-3-4-8(12)10(5-7)14(16)17/h3-5,9H,2,6,13H2,1H3/t9-/m0/s1. The Morgan fingerprint density at radius 2 is 2.28 bits per heavy atom. The molecule has 0 heterocycles. The van der Waals surface area contributed by atoms with Gasteiger partial charge in [0.2, 0.25) is 0 Å². The van der Waals surface area contributed by atoms with Crippen LogP contribution in [0.3, 0.4) is 0 Å². The number of hydrogen-bond donors (Lipinski definition) is 1. The number of carbonyl (C=O) groups excluding carboxylic acids is 1. The minimum absolute atomic E-state index is 0.0224. The van der Waals surface area contributed by atoms with Crippen molar-refractivity contribution in [2.24, 2.45) is 5.73 Å². The average Bonchev–Trinajstić information content (AvgIpc) is 2.35. The number of hydrogen-bond acceptors (Lipinski definition) is 5. The summed E-state index contributed by atoms with van der Waals surface area (Å²) in [5.41, 5.74) is 6.05. The van der Waals surface area contributed by atoms with Crippen molar-refractivity contribution in [2.45, 2.75) is 19.4 Å². The van der Waals surface area contributed by atoms with E-state index in [0.717, 1.165) is 0 Å². The lowest BCUT2D eigenvalue weighted by Gasteiger charge is -2.12. The fourth-order valence-corrected chi connectivity index (χ4v) is 1.47. The molecule has 0 saturated carbocycles. The lowest BCUT2D eigenvalue weighted by Crippen LogP contribution is -2.19. The maximum absolute atomic E-state index is 11.0. The number of carbonyl (C=O) groups is 1. The molecule has 7 heteroatoms. The Morgan fingerprint density at radius 1 is 1.61 bits per heavy atom. The monoisotopic (exact) mass is 272 g/mol. The Bertz CT molecular complexity index is 464. The van der Waals surface area contributed by atoms with Gasteiger partial charge in [0.25, 0.3) is 5.69 Å². The molecule has 0 spiro atoms. The van der Waals surface area contributed by atoms with Gasteiger partial charge in [-0.05, 0) is 11.6 Å². The molecule has 0 aliphatic carbocycles. The van der Waals surface area contributed by atoms with E-state index in [0.29, 0.717) is 5.56 Å². The Labute approximate surface area is 109 Å². The van der Waals surface area contributed by atoms with Crippen LogP contribution < -0.4 is 5.73 Å². The molecule has 0 saturated heterocycles. The fourth-order valence-electron chi connectivity index (χ4n) is 1.28. The van der Waals surface area contributed by atoms with E-state index in [1.165, 1.54) is 12.1 Å². The minimum atomic E-state index is -0.614. The third-order valence-corrected chi connectivity index (χ3v) is 2.63. The Kier molecular flexibility index (Phi) is 5.06. The molecule has 2 N–H and O–H groups in total. The molecule has 0 aliphatic rings. The first kappa shape index (κ1) is 14.4. The maximum atomic E-state index is 11.0. The highest BCUT2D eigenvalue weighted by Gasteiger charge is 2.16. The smallest absolute Gasteiger partial charge is 0.305 e.